The average Bonchev–Trinajstić information content (AvgIpc) is 2.99. The Balaban J connectivity index is 1.57. The molecule has 0 radical (unpaired) electrons. The molecule has 1 amide bonds. The number of hydrogen-bond acceptors (Lipinski definition) is 3. The third-order valence-corrected chi connectivity index (χ3v) is 5.78. The molecule has 1 heterocycles. The van der Waals surface area contributed by atoms with Crippen LogP contribution in [0.25, 0.3) is 0 Å². The molecule has 0 aliphatic rings. The fourth-order valence-electron chi connectivity index (χ4n) is 3.61. The van der Waals surface area contributed by atoms with Crippen molar-refractivity contribution in [2.45, 2.75) is 46.8 Å². The van der Waals surface area contributed by atoms with Gasteiger partial charge in [-0.3, -0.25) is 14.4 Å². The van der Waals surface area contributed by atoms with E-state index in [9.17, 15) is 4.79 Å². The predicted molar refractivity (Wildman–Crippen MR) is 121 cm³/mol. The van der Waals surface area contributed by atoms with Gasteiger partial charge in [-0.25, -0.2) is 0 Å². The van der Waals surface area contributed by atoms with E-state index in [1.165, 1.54) is 16.7 Å². The molecule has 2 aromatic carbocycles. The molecule has 5 nitrogen and oxygen atoms in total. The second-order valence-corrected chi connectivity index (χ2v) is 8.07. The Bertz CT molecular complexity index is 976. The van der Waals surface area contributed by atoms with Gasteiger partial charge in [0.2, 0.25) is 5.91 Å². The van der Waals surface area contributed by atoms with Gasteiger partial charge in [0.1, 0.15) is 0 Å². The zero-order valence-corrected chi connectivity index (χ0v) is 18.6. The van der Waals surface area contributed by atoms with Gasteiger partial charge >= 0.3 is 0 Å². The Labute approximate surface area is 179 Å². The third kappa shape index (κ3) is 5.36. The lowest BCUT2D eigenvalue weighted by Gasteiger charge is -2.24. The number of hydrogen-bond donors (Lipinski definition) is 1. The van der Waals surface area contributed by atoms with Crippen molar-refractivity contribution in [3.8, 4) is 0 Å². The number of likely N-dealkylation sites (N-methyl/N-ethyl adjacent to an activating group) is 1. The molecule has 0 fully saturated rings. The van der Waals surface area contributed by atoms with Gasteiger partial charge in [-0.2, -0.15) is 5.10 Å². The highest BCUT2D eigenvalue weighted by Crippen LogP contribution is 2.19. The highest BCUT2D eigenvalue weighted by molar-refractivity contribution is 5.78. The van der Waals surface area contributed by atoms with Crippen LogP contribution in [0.2, 0.25) is 0 Å². The molecule has 1 unspecified atom stereocenters. The molecule has 3 aromatic rings. The van der Waals surface area contributed by atoms with Crippen LogP contribution in [0.4, 0.5) is 0 Å². The summed E-state index contributed by atoms with van der Waals surface area (Å²) in [6.07, 6.45) is 0. The van der Waals surface area contributed by atoms with Gasteiger partial charge in [0, 0.05) is 23.8 Å². The quantitative estimate of drug-likeness (QED) is 0.613. The molecule has 1 N–H and O–H groups in total. The van der Waals surface area contributed by atoms with Crippen molar-refractivity contribution in [3.05, 3.63) is 88.2 Å². The number of nitrogens with one attached hydrogen (secondary N) is 1. The number of aromatic nitrogens is 2. The fourth-order valence-corrected chi connectivity index (χ4v) is 3.61. The summed E-state index contributed by atoms with van der Waals surface area (Å²) in [5.41, 5.74) is 6.82. The number of aryl methyl sites for hydroxylation is 2. The minimum absolute atomic E-state index is 0.0195. The van der Waals surface area contributed by atoms with E-state index in [-0.39, 0.29) is 11.9 Å². The maximum absolute atomic E-state index is 12.6. The van der Waals surface area contributed by atoms with Crippen LogP contribution in [0.3, 0.4) is 0 Å². The van der Waals surface area contributed by atoms with E-state index in [0.29, 0.717) is 13.1 Å². The Morgan fingerprint density at radius 3 is 2.40 bits per heavy atom. The van der Waals surface area contributed by atoms with Crippen LogP contribution >= 0.6 is 0 Å². The summed E-state index contributed by atoms with van der Waals surface area (Å²) in [6.45, 7) is 9.86. The first-order chi connectivity index (χ1) is 14.3. The van der Waals surface area contributed by atoms with E-state index in [1.54, 1.807) is 0 Å². The zero-order valence-electron chi connectivity index (χ0n) is 18.6. The van der Waals surface area contributed by atoms with E-state index >= 15 is 0 Å². The highest BCUT2D eigenvalue weighted by Gasteiger charge is 2.16. The smallest absolute Gasteiger partial charge is 0.234 e. The summed E-state index contributed by atoms with van der Waals surface area (Å²) in [5.74, 6) is 0.0195. The molecule has 0 saturated heterocycles. The first-order valence-corrected chi connectivity index (χ1v) is 10.5. The van der Waals surface area contributed by atoms with Gasteiger partial charge in [0.05, 0.1) is 18.8 Å². The molecule has 1 atom stereocenters. The normalized spacial score (nSPS) is 12.2. The van der Waals surface area contributed by atoms with Gasteiger partial charge in [0.15, 0.2) is 0 Å². The molecule has 1 aromatic heterocycles. The average molecular weight is 405 g/mol. The van der Waals surface area contributed by atoms with Gasteiger partial charge < -0.3 is 5.32 Å². The molecule has 0 aliphatic carbocycles. The van der Waals surface area contributed by atoms with Crippen molar-refractivity contribution >= 4 is 5.91 Å². The monoisotopic (exact) mass is 404 g/mol. The van der Waals surface area contributed by atoms with Gasteiger partial charge in [-0.1, -0.05) is 60.2 Å². The second kappa shape index (κ2) is 9.72. The Morgan fingerprint density at radius 2 is 1.73 bits per heavy atom. The molecule has 0 spiro atoms. The van der Waals surface area contributed by atoms with Crippen LogP contribution in [-0.2, 0) is 17.9 Å². The van der Waals surface area contributed by atoms with Crippen LogP contribution in [0.5, 0.6) is 0 Å². The number of carbonyl (C=O) groups excluding carboxylic acids is 1. The van der Waals surface area contributed by atoms with Gasteiger partial charge in [0.25, 0.3) is 0 Å². The van der Waals surface area contributed by atoms with E-state index < -0.39 is 0 Å². The summed E-state index contributed by atoms with van der Waals surface area (Å²) in [7, 11) is 1.98. The summed E-state index contributed by atoms with van der Waals surface area (Å²) < 4.78 is 2.01. The van der Waals surface area contributed by atoms with Crippen molar-refractivity contribution in [2.75, 3.05) is 13.6 Å². The SMILES string of the molecule is Cc1ccc(C(C)N(C)CC(=O)NCc2c(C)nn(Cc3ccccc3)c2C)cc1. The lowest BCUT2D eigenvalue weighted by atomic mass is 10.1. The first-order valence-electron chi connectivity index (χ1n) is 10.5. The fraction of sp³-hybridized carbons (Fsp3) is 0.360. The largest absolute Gasteiger partial charge is 0.351 e. The van der Waals surface area contributed by atoms with Crippen molar-refractivity contribution < 1.29 is 4.79 Å². The number of carbonyl (C=O) groups is 1. The number of amides is 1. The molecule has 5 heteroatoms. The summed E-state index contributed by atoms with van der Waals surface area (Å²) >= 11 is 0. The lowest BCUT2D eigenvalue weighted by Crippen LogP contribution is -2.36. The second-order valence-electron chi connectivity index (χ2n) is 8.07. The molecule has 0 bridgehead atoms. The lowest BCUT2D eigenvalue weighted by molar-refractivity contribution is -0.122. The van der Waals surface area contributed by atoms with E-state index in [2.05, 4.69) is 72.5 Å². The number of benzene rings is 2. The van der Waals surface area contributed by atoms with E-state index in [1.807, 2.05) is 36.9 Å². The van der Waals surface area contributed by atoms with Crippen LogP contribution in [0, 0.1) is 20.8 Å². The first kappa shape index (κ1) is 21.8. The Kier molecular flexibility index (Phi) is 7.06. The van der Waals surface area contributed by atoms with E-state index in [4.69, 9.17) is 0 Å². The minimum Gasteiger partial charge on any atom is -0.351 e. The van der Waals surface area contributed by atoms with Crippen molar-refractivity contribution in [1.82, 2.24) is 20.0 Å². The van der Waals surface area contributed by atoms with Crippen LogP contribution in [-0.4, -0.2) is 34.2 Å². The van der Waals surface area contributed by atoms with Gasteiger partial charge in [-0.15, -0.1) is 0 Å². The molecular formula is C25H32N4O. The number of rotatable bonds is 8. The summed E-state index contributed by atoms with van der Waals surface area (Å²) in [4.78, 5) is 14.6. The van der Waals surface area contributed by atoms with Crippen LogP contribution in [0.1, 0.15) is 46.6 Å². The highest BCUT2D eigenvalue weighted by atomic mass is 16.2. The molecule has 0 saturated carbocycles. The molecule has 3 rings (SSSR count). The van der Waals surface area contributed by atoms with Gasteiger partial charge in [-0.05, 0) is 45.9 Å². The Hall–Kier alpha value is -2.92. The molecule has 30 heavy (non-hydrogen) atoms. The van der Waals surface area contributed by atoms with E-state index in [0.717, 1.165) is 23.5 Å². The zero-order chi connectivity index (χ0) is 21.7. The number of nitrogens with zero attached hydrogens (tertiary/aromatic N) is 3. The predicted octanol–water partition coefficient (Wildman–Crippen LogP) is 4.17. The Morgan fingerprint density at radius 1 is 1.07 bits per heavy atom. The third-order valence-electron chi connectivity index (χ3n) is 5.78. The van der Waals surface area contributed by atoms with Crippen molar-refractivity contribution in [1.29, 1.82) is 0 Å². The maximum atomic E-state index is 12.6. The topological polar surface area (TPSA) is 50.2 Å². The molecular weight excluding hydrogens is 372 g/mol. The maximum Gasteiger partial charge on any atom is 0.234 e. The minimum atomic E-state index is 0.0195. The molecule has 158 valence electrons. The standard InChI is InChI=1S/C25H32N4O/c1-18-11-13-23(14-12-18)20(3)28(5)17-25(30)26-15-24-19(2)27-29(21(24)4)16-22-9-7-6-8-10-22/h6-14,20H,15-17H2,1-5H3,(H,26,30). The van der Waals surface area contributed by atoms with Crippen LogP contribution < -0.4 is 5.32 Å². The molecule has 0 aliphatic heterocycles. The summed E-state index contributed by atoms with van der Waals surface area (Å²) in [6, 6.07) is 18.9. The van der Waals surface area contributed by atoms with Crippen LogP contribution in [0.15, 0.2) is 54.6 Å². The summed E-state index contributed by atoms with van der Waals surface area (Å²) in [5, 5.41) is 7.74. The van der Waals surface area contributed by atoms with Crippen molar-refractivity contribution in [3.63, 3.8) is 0 Å². The van der Waals surface area contributed by atoms with Crippen molar-refractivity contribution in [2.24, 2.45) is 0 Å².